The van der Waals surface area contributed by atoms with Crippen molar-refractivity contribution in [3.8, 4) is 16.9 Å². The summed E-state index contributed by atoms with van der Waals surface area (Å²) in [6.07, 6.45) is 1.48. The maximum absolute atomic E-state index is 12.8. The number of benzene rings is 3. The van der Waals surface area contributed by atoms with Gasteiger partial charge in [0.1, 0.15) is 5.75 Å². The fourth-order valence-corrected chi connectivity index (χ4v) is 8.62. The van der Waals surface area contributed by atoms with Gasteiger partial charge in [-0.3, -0.25) is 14.6 Å². The van der Waals surface area contributed by atoms with Gasteiger partial charge in [-0.2, -0.15) is 0 Å². The van der Waals surface area contributed by atoms with Crippen molar-refractivity contribution in [2.24, 2.45) is 11.1 Å². The molecule has 0 bridgehead atoms. The fraction of sp³-hybridized carbons (Fsp3) is 0.462. The topological polar surface area (TPSA) is 87.8 Å². The number of nitrogens with one attached hydrogen (secondary N) is 2. The molecule has 4 heterocycles. The second-order valence-electron chi connectivity index (χ2n) is 14.8. The third-order valence-electron chi connectivity index (χ3n) is 11.0. The number of carbonyl (C=O) groups is 1. The molecule has 13 heteroatoms. The van der Waals surface area contributed by atoms with Gasteiger partial charge >= 0.3 is 6.36 Å². The third-order valence-corrected chi connectivity index (χ3v) is 11.7. The van der Waals surface area contributed by atoms with Gasteiger partial charge in [0.15, 0.2) is 0 Å². The van der Waals surface area contributed by atoms with Crippen molar-refractivity contribution in [3.63, 3.8) is 0 Å². The Hall–Kier alpha value is -3.32. The number of halogens is 5. The lowest BCUT2D eigenvalue weighted by atomic mass is 9.72. The quantitative estimate of drug-likeness (QED) is 0.141. The van der Waals surface area contributed by atoms with Crippen molar-refractivity contribution in [2.45, 2.75) is 63.6 Å². The number of hydrogen-bond donors (Lipinski definition) is 3. The molecule has 52 heavy (non-hydrogen) atoms. The first-order valence-electron chi connectivity index (χ1n) is 18.0. The van der Waals surface area contributed by atoms with Crippen molar-refractivity contribution in [3.05, 3.63) is 88.0 Å². The van der Waals surface area contributed by atoms with Crippen molar-refractivity contribution >= 4 is 40.0 Å². The Morgan fingerprint density at radius 1 is 0.923 bits per heavy atom. The van der Waals surface area contributed by atoms with Crippen LogP contribution in [0.25, 0.3) is 22.0 Å². The Bertz CT molecular complexity index is 1860. The summed E-state index contributed by atoms with van der Waals surface area (Å²) in [5.41, 5.74) is 10.8. The van der Waals surface area contributed by atoms with Crippen LogP contribution in [0.5, 0.6) is 5.75 Å². The molecule has 4 N–H and O–H groups in total. The van der Waals surface area contributed by atoms with Crippen molar-refractivity contribution < 1.29 is 22.7 Å². The summed E-state index contributed by atoms with van der Waals surface area (Å²) in [5.74, 6) is -0.369. The number of nitrogens with zero attached hydrogens (tertiary/aromatic N) is 3. The predicted octanol–water partition coefficient (Wildman–Crippen LogP) is 7.20. The molecule has 0 atom stereocenters. The summed E-state index contributed by atoms with van der Waals surface area (Å²) in [4.78, 5) is 17.8. The summed E-state index contributed by atoms with van der Waals surface area (Å²) >= 11 is 12.9. The van der Waals surface area contributed by atoms with Gasteiger partial charge in [0.25, 0.3) is 0 Å². The molecule has 0 radical (unpaired) electrons. The van der Waals surface area contributed by atoms with Crippen molar-refractivity contribution in [1.82, 2.24) is 25.0 Å². The van der Waals surface area contributed by atoms with Crippen LogP contribution in [0.15, 0.2) is 66.9 Å². The minimum absolute atomic E-state index is 0.113. The van der Waals surface area contributed by atoms with Gasteiger partial charge in [0.05, 0.1) is 5.54 Å². The molecule has 3 aliphatic heterocycles. The van der Waals surface area contributed by atoms with E-state index in [1.165, 1.54) is 17.7 Å². The second kappa shape index (κ2) is 15.2. The molecule has 1 amide bonds. The van der Waals surface area contributed by atoms with E-state index in [0.717, 1.165) is 92.8 Å². The first-order valence-corrected chi connectivity index (χ1v) is 18.8. The van der Waals surface area contributed by atoms with Gasteiger partial charge in [0.2, 0.25) is 5.91 Å². The molecule has 0 saturated carbocycles. The van der Waals surface area contributed by atoms with E-state index in [0.29, 0.717) is 47.8 Å². The number of aryl methyl sites for hydroxylation is 1. The first-order chi connectivity index (χ1) is 24.9. The molecular weight excluding hydrogens is 712 g/mol. The number of aromatic nitrogens is 1. The van der Waals surface area contributed by atoms with E-state index >= 15 is 0 Å². The molecule has 8 nitrogen and oxygen atoms in total. The molecule has 3 aliphatic rings. The van der Waals surface area contributed by atoms with Crippen LogP contribution in [0.2, 0.25) is 10.0 Å². The van der Waals surface area contributed by atoms with Crippen molar-refractivity contribution in [1.29, 1.82) is 0 Å². The van der Waals surface area contributed by atoms with E-state index in [9.17, 15) is 18.0 Å². The monoisotopic (exact) mass is 756 g/mol. The lowest BCUT2D eigenvalue weighted by Crippen LogP contribution is -2.59. The standard InChI is InChI=1S/C39H45Cl2F3N6O2/c40-33-3-1-4-34(41)32(33)23-48-19-13-37(14-20-48)25-49(26-37)22-27-5-10-35-30(21-27)31(28-6-8-29(9-7-28)52-39(42,43)44)24-50(35)18-2-15-47-36(51)38(45)11-16-46-17-12-38/h1,3-10,21,24,46H,2,11-20,22-23,25-26,45H2,(H,47,51). The molecule has 3 aromatic carbocycles. The number of piperidine rings is 2. The Kier molecular flexibility index (Phi) is 10.8. The SMILES string of the molecule is NC1(C(=O)NCCCn2cc(-c3ccc(OC(F)(F)F)cc3)c3cc(CN4CC5(CCN(Cc6c(Cl)cccc6Cl)CC5)C4)ccc32)CCNCC1. The lowest BCUT2D eigenvalue weighted by Gasteiger charge is -2.54. The van der Waals surface area contributed by atoms with E-state index in [1.54, 1.807) is 12.1 Å². The largest absolute Gasteiger partial charge is 0.573 e. The van der Waals surface area contributed by atoms with Crippen LogP contribution < -0.4 is 21.1 Å². The first kappa shape index (κ1) is 37.0. The number of alkyl halides is 3. The predicted molar refractivity (Wildman–Crippen MR) is 199 cm³/mol. The summed E-state index contributed by atoms with van der Waals surface area (Å²) in [5, 5.41) is 8.73. The molecule has 0 unspecified atom stereocenters. The van der Waals surface area contributed by atoms with Crippen LogP contribution in [-0.4, -0.2) is 78.0 Å². The molecule has 3 saturated heterocycles. The number of rotatable bonds is 11. The van der Waals surface area contributed by atoms with Crippen LogP contribution >= 0.6 is 23.2 Å². The van der Waals surface area contributed by atoms with Gasteiger partial charge in [-0.15, -0.1) is 13.2 Å². The number of hydrogen-bond acceptors (Lipinski definition) is 6. The highest BCUT2D eigenvalue weighted by molar-refractivity contribution is 6.36. The number of amides is 1. The highest BCUT2D eigenvalue weighted by atomic mass is 35.5. The zero-order valence-electron chi connectivity index (χ0n) is 29.1. The van der Waals surface area contributed by atoms with Crippen LogP contribution in [0, 0.1) is 5.41 Å². The molecular formula is C39H45Cl2F3N6O2. The highest BCUT2D eigenvalue weighted by Crippen LogP contribution is 2.42. The molecule has 3 fully saturated rings. The van der Waals surface area contributed by atoms with Crippen LogP contribution in [-0.2, 0) is 24.4 Å². The molecule has 1 spiro atoms. The minimum atomic E-state index is -4.75. The van der Waals surface area contributed by atoms with Gasteiger partial charge in [-0.1, -0.05) is 47.5 Å². The molecule has 1 aromatic heterocycles. The number of likely N-dealkylation sites (tertiary alicyclic amines) is 2. The highest BCUT2D eigenvalue weighted by Gasteiger charge is 2.44. The summed E-state index contributed by atoms with van der Waals surface area (Å²) < 4.78 is 44.8. The van der Waals surface area contributed by atoms with Gasteiger partial charge in [0, 0.05) is 77.5 Å². The van der Waals surface area contributed by atoms with E-state index in [4.69, 9.17) is 28.9 Å². The number of fused-ring (bicyclic) bond motifs is 1. The molecule has 7 rings (SSSR count). The summed E-state index contributed by atoms with van der Waals surface area (Å²) in [6, 6.07) is 18.2. The second-order valence-corrected chi connectivity index (χ2v) is 15.6. The van der Waals surface area contributed by atoms with Crippen LogP contribution in [0.4, 0.5) is 13.2 Å². The maximum atomic E-state index is 12.8. The average Bonchev–Trinajstić information content (AvgIpc) is 3.46. The van der Waals surface area contributed by atoms with Crippen molar-refractivity contribution in [2.75, 3.05) is 45.8 Å². The van der Waals surface area contributed by atoms with E-state index in [2.05, 4.69) is 54.1 Å². The average molecular weight is 758 g/mol. The number of ether oxygens (including phenoxy) is 1. The van der Waals surface area contributed by atoms with E-state index in [-0.39, 0.29) is 11.7 Å². The Balaban J connectivity index is 1.01. The summed E-state index contributed by atoms with van der Waals surface area (Å²) in [7, 11) is 0. The Labute approximate surface area is 312 Å². The van der Waals surface area contributed by atoms with Crippen LogP contribution in [0.3, 0.4) is 0 Å². The Morgan fingerprint density at radius 3 is 2.29 bits per heavy atom. The normalized spacial score (nSPS) is 19.1. The number of nitrogens with two attached hydrogens (primary N) is 1. The maximum Gasteiger partial charge on any atom is 0.573 e. The lowest BCUT2D eigenvalue weighted by molar-refractivity contribution is -0.274. The van der Waals surface area contributed by atoms with Gasteiger partial charge in [-0.05, 0) is 111 Å². The Morgan fingerprint density at radius 2 is 1.62 bits per heavy atom. The third kappa shape index (κ3) is 8.40. The molecule has 4 aromatic rings. The fourth-order valence-electron chi connectivity index (χ4n) is 8.10. The zero-order chi connectivity index (χ0) is 36.5. The molecule has 0 aliphatic carbocycles. The van der Waals surface area contributed by atoms with Gasteiger partial charge in [-0.25, -0.2) is 0 Å². The molecule has 278 valence electrons. The van der Waals surface area contributed by atoms with E-state index < -0.39 is 11.9 Å². The summed E-state index contributed by atoms with van der Waals surface area (Å²) in [6.45, 7) is 8.31. The minimum Gasteiger partial charge on any atom is -0.406 e. The zero-order valence-corrected chi connectivity index (χ0v) is 30.6. The van der Waals surface area contributed by atoms with Crippen LogP contribution in [0.1, 0.15) is 43.2 Å². The number of carbonyl (C=O) groups excluding carboxylic acids is 1. The smallest absolute Gasteiger partial charge is 0.406 e. The van der Waals surface area contributed by atoms with E-state index in [1.807, 2.05) is 18.2 Å². The van der Waals surface area contributed by atoms with Gasteiger partial charge < -0.3 is 25.7 Å².